The molecule has 36 heavy (non-hydrogen) atoms. The lowest BCUT2D eigenvalue weighted by Gasteiger charge is -2.34. The average Bonchev–Trinajstić information content (AvgIpc) is 2.83. The maximum absolute atomic E-state index is 13.9. The largest absolute Gasteiger partial charge is 0.460 e. The Balaban J connectivity index is 3.58. The highest BCUT2D eigenvalue weighted by Gasteiger charge is 2.82. The molecule has 0 radical (unpaired) electrons. The number of hydrogen-bond acceptors (Lipinski definition) is 3. The van der Waals surface area contributed by atoms with Crippen molar-refractivity contribution in [3.8, 4) is 0 Å². The van der Waals surface area contributed by atoms with Crippen molar-refractivity contribution in [1.82, 2.24) is 9.13 Å². The van der Waals surface area contributed by atoms with Crippen molar-refractivity contribution in [3.05, 3.63) is 4.77 Å². The molecule has 1 heterocycles. The fraction of sp³-hybridized carbons (Fsp3) is 0.769. The second-order valence-corrected chi connectivity index (χ2v) is 8.02. The van der Waals surface area contributed by atoms with E-state index in [-0.39, 0.29) is 0 Å². The summed E-state index contributed by atoms with van der Waals surface area (Å²) < 4.78 is 231. The third kappa shape index (κ3) is 4.86. The lowest BCUT2D eigenvalue weighted by Crippen LogP contribution is -2.62. The summed E-state index contributed by atoms with van der Waals surface area (Å²) in [6.07, 6.45) is -14.5. The van der Waals surface area contributed by atoms with Crippen molar-refractivity contribution >= 4 is 37.5 Å². The monoisotopic (exact) mass is 628 g/mol. The quantitative estimate of drug-likeness (QED) is 0.172. The molecule has 0 spiro atoms. The Morgan fingerprint density at radius 2 is 0.694 bits per heavy atom. The summed E-state index contributed by atoms with van der Waals surface area (Å²) in [5.74, 6) is -42.2. The molecule has 0 aliphatic carbocycles. The van der Waals surface area contributed by atoms with Crippen molar-refractivity contribution in [1.29, 1.82) is 0 Å². The van der Waals surface area contributed by atoms with Gasteiger partial charge >= 0.3 is 47.9 Å². The van der Waals surface area contributed by atoms with E-state index in [1.165, 1.54) is 0 Å². The van der Waals surface area contributed by atoms with Crippen LogP contribution in [0.4, 0.5) is 79.0 Å². The van der Waals surface area contributed by atoms with Gasteiger partial charge in [-0.2, -0.15) is 79.0 Å². The Morgan fingerprint density at radius 3 is 0.889 bits per heavy atom. The summed E-state index contributed by atoms with van der Waals surface area (Å²) in [6.45, 7) is -6.05. The van der Waals surface area contributed by atoms with Crippen molar-refractivity contribution in [2.75, 3.05) is 0 Å². The standard InChI is InChI=1S/C13H6F18N2S3/c14-6(15,8(18,19)10(22,23)12(26,27)28)1-32-3(34)4(35)33(5(32)36)2-7(16,17)9(20,21)11(24,25)13(29,30)31/h34-35H,1-2H2. The zero-order valence-corrected chi connectivity index (χ0v) is 18.5. The minimum Gasteiger partial charge on any atom is -0.305 e. The minimum atomic E-state index is -7.40. The highest BCUT2D eigenvalue weighted by molar-refractivity contribution is 7.83. The number of alkyl halides is 18. The second-order valence-electron chi connectivity index (χ2n) is 6.80. The van der Waals surface area contributed by atoms with Gasteiger partial charge in [-0.3, -0.25) is 0 Å². The molecule has 0 amide bonds. The highest BCUT2D eigenvalue weighted by atomic mass is 32.1. The Morgan fingerprint density at radius 1 is 0.472 bits per heavy atom. The molecule has 0 atom stereocenters. The molecule has 0 N–H and O–H groups in total. The first-order valence-electron chi connectivity index (χ1n) is 8.04. The first-order valence-corrected chi connectivity index (χ1v) is 9.34. The molecule has 0 aromatic carbocycles. The van der Waals surface area contributed by atoms with Crippen LogP contribution >= 0.6 is 37.5 Å². The smallest absolute Gasteiger partial charge is 0.305 e. The Bertz CT molecular complexity index is 952. The zero-order valence-electron chi connectivity index (χ0n) is 15.9. The van der Waals surface area contributed by atoms with Crippen LogP contribution in [0.1, 0.15) is 0 Å². The van der Waals surface area contributed by atoms with Gasteiger partial charge in [-0.25, -0.2) is 0 Å². The lowest BCUT2D eigenvalue weighted by molar-refractivity contribution is -0.398. The first-order chi connectivity index (χ1) is 15.4. The lowest BCUT2D eigenvalue weighted by atomic mass is 10.0. The number of hydrogen-bond donors (Lipinski definition) is 2. The Labute approximate surface area is 202 Å². The summed E-state index contributed by atoms with van der Waals surface area (Å²) in [7, 11) is 0. The van der Waals surface area contributed by atoms with Crippen LogP contribution < -0.4 is 0 Å². The van der Waals surface area contributed by atoms with Gasteiger partial charge in [0.25, 0.3) is 0 Å². The van der Waals surface area contributed by atoms with E-state index in [0.29, 0.717) is 0 Å². The molecule has 0 saturated carbocycles. The number of thiol groups is 2. The van der Waals surface area contributed by atoms with Gasteiger partial charge in [-0.15, -0.1) is 25.3 Å². The van der Waals surface area contributed by atoms with Gasteiger partial charge in [-0.1, -0.05) is 0 Å². The predicted molar refractivity (Wildman–Crippen MR) is 89.6 cm³/mol. The number of aromatic nitrogens is 2. The topological polar surface area (TPSA) is 9.86 Å². The number of rotatable bonds is 8. The third-order valence-corrected chi connectivity index (χ3v) is 5.83. The molecule has 212 valence electrons. The van der Waals surface area contributed by atoms with Crippen LogP contribution in [-0.2, 0) is 13.1 Å². The molecule has 0 bridgehead atoms. The maximum Gasteiger partial charge on any atom is 0.460 e. The summed E-state index contributed by atoms with van der Waals surface area (Å²) >= 11 is 10.6. The van der Waals surface area contributed by atoms with Crippen molar-refractivity contribution in [2.24, 2.45) is 0 Å². The second kappa shape index (κ2) is 8.97. The predicted octanol–water partition coefficient (Wildman–Crippen LogP) is 7.53. The van der Waals surface area contributed by atoms with E-state index in [0.717, 1.165) is 0 Å². The van der Waals surface area contributed by atoms with E-state index < -0.39 is 84.9 Å². The van der Waals surface area contributed by atoms with Crippen molar-refractivity contribution in [2.45, 2.75) is 71.0 Å². The fourth-order valence-corrected chi connectivity index (χ4v) is 3.28. The molecule has 23 heteroatoms. The molecule has 1 aromatic rings. The van der Waals surface area contributed by atoms with Gasteiger partial charge in [0.2, 0.25) is 0 Å². The van der Waals surface area contributed by atoms with Crippen LogP contribution in [0.5, 0.6) is 0 Å². The van der Waals surface area contributed by atoms with E-state index in [9.17, 15) is 79.0 Å². The highest BCUT2D eigenvalue weighted by Crippen LogP contribution is 2.55. The van der Waals surface area contributed by atoms with Gasteiger partial charge in [-0.05, 0) is 12.2 Å². The van der Waals surface area contributed by atoms with Crippen LogP contribution in [0.2, 0.25) is 0 Å². The van der Waals surface area contributed by atoms with Crippen molar-refractivity contribution in [3.63, 3.8) is 0 Å². The Hall–Kier alpha value is -1.13. The summed E-state index contributed by atoms with van der Waals surface area (Å²) in [6, 6.07) is 0. The van der Waals surface area contributed by atoms with Crippen LogP contribution in [0.25, 0.3) is 0 Å². The fourth-order valence-electron chi connectivity index (χ4n) is 2.26. The summed E-state index contributed by atoms with van der Waals surface area (Å²) in [4.78, 5) is 0. The third-order valence-electron chi connectivity index (χ3n) is 4.31. The molecule has 0 unspecified atom stereocenters. The molecule has 2 nitrogen and oxygen atoms in total. The van der Waals surface area contributed by atoms with Crippen LogP contribution in [-0.4, -0.2) is 57.0 Å². The SMILES string of the molecule is FC(F)(F)C(F)(F)C(F)(F)C(F)(F)Cn1c(S)c(S)n(CC(F)(F)C(F)(F)C(F)(F)C(F)(F)F)c1=S. The molecule has 0 fully saturated rings. The van der Waals surface area contributed by atoms with Gasteiger partial charge in [0.05, 0.1) is 13.1 Å². The van der Waals surface area contributed by atoms with E-state index in [4.69, 9.17) is 0 Å². The number of halogens is 18. The average molecular weight is 628 g/mol. The van der Waals surface area contributed by atoms with Gasteiger partial charge in [0, 0.05) is 0 Å². The molecular formula is C13H6F18N2S3. The molecule has 0 aliphatic rings. The van der Waals surface area contributed by atoms with E-state index in [1.54, 1.807) is 0 Å². The minimum absolute atomic E-state index is 0.697. The maximum atomic E-state index is 13.9. The van der Waals surface area contributed by atoms with Crippen LogP contribution in [0.3, 0.4) is 0 Å². The number of imidazole rings is 1. The van der Waals surface area contributed by atoms with Crippen molar-refractivity contribution < 1.29 is 79.0 Å². The number of nitrogens with zero attached hydrogens (tertiary/aromatic N) is 2. The van der Waals surface area contributed by atoms with E-state index in [2.05, 4.69) is 37.5 Å². The molecule has 1 rings (SSSR count). The summed E-state index contributed by atoms with van der Waals surface area (Å²) in [5, 5.41) is -2.92. The molecular weight excluding hydrogens is 622 g/mol. The first kappa shape index (κ1) is 32.9. The van der Waals surface area contributed by atoms with Gasteiger partial charge in [0.15, 0.2) is 4.77 Å². The van der Waals surface area contributed by atoms with Gasteiger partial charge in [0.1, 0.15) is 10.1 Å². The summed E-state index contributed by atoms with van der Waals surface area (Å²) in [5.41, 5.74) is 0. The van der Waals surface area contributed by atoms with E-state index >= 15 is 0 Å². The van der Waals surface area contributed by atoms with Crippen LogP contribution in [0, 0.1) is 4.77 Å². The molecule has 0 saturated heterocycles. The molecule has 0 aliphatic heterocycles. The van der Waals surface area contributed by atoms with Crippen LogP contribution in [0.15, 0.2) is 10.1 Å². The Kier molecular flexibility index (Phi) is 8.20. The van der Waals surface area contributed by atoms with Gasteiger partial charge < -0.3 is 9.13 Å². The zero-order chi connectivity index (χ0) is 29.3. The molecule has 1 aromatic heterocycles. The normalized spacial score (nSPS) is 15.6. The van der Waals surface area contributed by atoms with E-state index in [1.807, 2.05) is 0 Å².